The summed E-state index contributed by atoms with van der Waals surface area (Å²) < 4.78 is 42.2. The van der Waals surface area contributed by atoms with Crippen molar-refractivity contribution in [2.24, 2.45) is 0 Å². The van der Waals surface area contributed by atoms with Gasteiger partial charge < -0.3 is 53.7 Å². The summed E-state index contributed by atoms with van der Waals surface area (Å²) in [6.07, 6.45) is 4.16. The van der Waals surface area contributed by atoms with Crippen molar-refractivity contribution in [3.05, 3.63) is 87.6 Å². The predicted octanol–water partition coefficient (Wildman–Crippen LogP) is 11.1. The molecule has 0 radical (unpaired) electrons. The minimum Gasteiger partial charge on any atom is -0.487 e. The first-order chi connectivity index (χ1) is 32.5. The number of piperidine rings is 3. The number of para-hydroxylation sites is 3. The lowest BCUT2D eigenvalue weighted by atomic mass is 10.1. The summed E-state index contributed by atoms with van der Waals surface area (Å²) in [5.74, 6) is 1.51. The van der Waals surface area contributed by atoms with Crippen LogP contribution in [0.3, 0.4) is 0 Å². The van der Waals surface area contributed by atoms with Gasteiger partial charge in [-0.3, -0.25) is 0 Å². The highest BCUT2D eigenvalue weighted by Gasteiger charge is 2.31. The molecule has 4 heterocycles. The maximum atomic E-state index is 12.4. The summed E-state index contributed by atoms with van der Waals surface area (Å²) in [4.78, 5) is 43.5. The first kappa shape index (κ1) is 57.3. The van der Waals surface area contributed by atoms with E-state index in [1.54, 1.807) is 32.9 Å². The van der Waals surface area contributed by atoms with Crippen molar-refractivity contribution in [3.8, 4) is 11.5 Å². The van der Waals surface area contributed by atoms with Gasteiger partial charge in [0.15, 0.2) is 0 Å². The van der Waals surface area contributed by atoms with Gasteiger partial charge >= 0.3 is 18.3 Å². The van der Waals surface area contributed by atoms with E-state index in [0.29, 0.717) is 30.7 Å². The maximum absolute atomic E-state index is 12.4. The fourth-order valence-corrected chi connectivity index (χ4v) is 8.23. The lowest BCUT2D eigenvalue weighted by Crippen LogP contribution is -2.46. The quantitative estimate of drug-likeness (QED) is 0.236. The first-order valence-electron chi connectivity index (χ1n) is 24.1. The molecule has 69 heavy (non-hydrogen) atoms. The average Bonchev–Trinajstić information content (AvgIpc) is 3.28. The molecule has 0 spiro atoms. The highest BCUT2D eigenvalue weighted by molar-refractivity contribution is 9.10. The number of likely N-dealkylation sites (tertiary alicyclic amines) is 3. The number of hydrogen-bond donors (Lipinski definition) is 2. The van der Waals surface area contributed by atoms with Crippen molar-refractivity contribution in [3.63, 3.8) is 0 Å². The monoisotopic (exact) mass is 1090 g/mol. The van der Waals surface area contributed by atoms with Crippen LogP contribution in [0, 0.1) is 5.82 Å². The number of hydrogen-bond acceptors (Lipinski definition) is 11. The normalized spacial score (nSPS) is 19.8. The van der Waals surface area contributed by atoms with Crippen LogP contribution < -0.4 is 19.7 Å². The molecule has 3 atom stereocenters. The Morgan fingerprint density at radius 2 is 0.971 bits per heavy atom. The van der Waals surface area contributed by atoms with E-state index in [1.807, 2.05) is 98.7 Å². The molecular weight excluding hydrogens is 1020 g/mol. The van der Waals surface area contributed by atoms with Crippen LogP contribution in [0.4, 0.5) is 24.5 Å². The van der Waals surface area contributed by atoms with Crippen LogP contribution in [-0.2, 0) is 14.2 Å². The highest BCUT2D eigenvalue weighted by atomic mass is 79.9. The predicted molar refractivity (Wildman–Crippen MR) is 276 cm³/mol. The third-order valence-electron chi connectivity index (χ3n) is 10.7. The Bertz CT molecular complexity index is 2040. The van der Waals surface area contributed by atoms with Crippen molar-refractivity contribution in [2.45, 2.75) is 136 Å². The van der Waals surface area contributed by atoms with Crippen molar-refractivity contribution < 1.29 is 47.6 Å². The highest BCUT2D eigenvalue weighted by Crippen LogP contribution is 2.31. The van der Waals surface area contributed by atoms with Gasteiger partial charge in [-0.25, -0.2) is 18.8 Å². The van der Waals surface area contributed by atoms with Crippen molar-refractivity contribution in [2.75, 3.05) is 70.3 Å². The lowest BCUT2D eigenvalue weighted by Gasteiger charge is -2.35. The van der Waals surface area contributed by atoms with Crippen LogP contribution in [-0.4, -0.2) is 139 Å². The Morgan fingerprint density at radius 1 is 0.565 bits per heavy atom. The largest absolute Gasteiger partial charge is 0.487 e. The standard InChI is InChI=1S/C20H31N3O3.C16H22BrNO3.C10H19NO3.C6H4BrF/c1-20(2,3)26-19(24)23-12-6-7-16(15-23)25-18-9-5-4-8-17(18)22-13-10-21-11-14-22;1-16(2,3)21-15(19)18-10-6-7-12(11-18)20-14-9-5-4-8-13(14)17;1-10(2,3)14-9(13)11-6-4-5-8(12)7-11;7-5-3-1-2-4-6(5)8/h4-5,8-9,16,21H,6-7,10-15H2,1-3H3;4-5,8-9,12H,6-7,10-11H2,1-3H3;8,12H,4-7H2,1-3H3;1-4H/t;12-;8-;/m.11./s1. The summed E-state index contributed by atoms with van der Waals surface area (Å²) in [5, 5.41) is 12.8. The van der Waals surface area contributed by atoms with Crippen molar-refractivity contribution >= 4 is 55.8 Å². The molecule has 7 rings (SSSR count). The molecule has 3 aromatic rings. The Kier molecular flexibility index (Phi) is 22.7. The molecule has 4 saturated heterocycles. The molecule has 1 unspecified atom stereocenters. The van der Waals surface area contributed by atoms with Gasteiger partial charge in [-0.2, -0.15) is 0 Å². The summed E-state index contributed by atoms with van der Waals surface area (Å²) >= 11 is 6.50. The zero-order valence-corrected chi connectivity index (χ0v) is 45.3. The second kappa shape index (κ2) is 27.3. The van der Waals surface area contributed by atoms with E-state index >= 15 is 0 Å². The van der Waals surface area contributed by atoms with Crippen LogP contribution in [0.2, 0.25) is 0 Å². The summed E-state index contributed by atoms with van der Waals surface area (Å²) in [5.41, 5.74) is -0.254. The Balaban J connectivity index is 0.000000215. The number of carbonyl (C=O) groups excluding carboxylic acids is 3. The number of β-amino-alcohol motifs (C(OH)–C–C–N with tert-alkyl or cyclic N) is 1. The minimum atomic E-state index is -0.472. The van der Waals surface area contributed by atoms with Crippen LogP contribution >= 0.6 is 31.9 Å². The Labute approximate surface area is 426 Å². The second-order valence-electron chi connectivity index (χ2n) is 20.4. The number of aliphatic hydroxyl groups is 1. The molecule has 4 fully saturated rings. The molecule has 4 aliphatic heterocycles. The van der Waals surface area contributed by atoms with Crippen molar-refractivity contribution in [1.82, 2.24) is 20.0 Å². The number of amides is 3. The third kappa shape index (κ3) is 21.7. The molecule has 2 N–H and O–H groups in total. The summed E-state index contributed by atoms with van der Waals surface area (Å²) in [6.45, 7) is 24.5. The van der Waals surface area contributed by atoms with Crippen LogP contribution in [0.25, 0.3) is 0 Å². The SMILES string of the molecule is CC(C)(C)OC(=O)N1CCCC(Oc2ccccc2N2CCNCC2)C1.CC(C)(C)OC(=O)N1CCC[C@@H](O)C1.CC(C)(C)OC(=O)N1CCC[C@@H](Oc2ccccc2Br)C1.Fc1ccccc1Br. The molecule has 0 aromatic heterocycles. The van der Waals surface area contributed by atoms with Gasteiger partial charge in [-0.1, -0.05) is 36.4 Å². The van der Waals surface area contributed by atoms with E-state index in [1.165, 1.54) is 6.07 Å². The van der Waals surface area contributed by atoms with Crippen LogP contribution in [0.1, 0.15) is 101 Å². The van der Waals surface area contributed by atoms with Crippen molar-refractivity contribution in [1.29, 1.82) is 0 Å². The maximum Gasteiger partial charge on any atom is 0.410 e. The number of rotatable bonds is 5. The van der Waals surface area contributed by atoms with Gasteiger partial charge in [0.25, 0.3) is 0 Å². The minimum absolute atomic E-state index is 0.000309. The van der Waals surface area contributed by atoms with Gasteiger partial charge in [-0.15, -0.1) is 0 Å². The fraction of sp³-hybridized carbons (Fsp3) is 0.596. The first-order valence-corrected chi connectivity index (χ1v) is 25.7. The molecule has 0 bridgehead atoms. The summed E-state index contributed by atoms with van der Waals surface area (Å²) in [7, 11) is 0. The number of nitrogens with one attached hydrogen (secondary N) is 1. The number of aliphatic hydroxyl groups excluding tert-OH is 1. The molecule has 0 saturated carbocycles. The molecule has 384 valence electrons. The Hall–Kier alpha value is -4.32. The zero-order valence-electron chi connectivity index (χ0n) is 42.1. The van der Waals surface area contributed by atoms with Gasteiger partial charge in [0, 0.05) is 52.4 Å². The van der Waals surface area contributed by atoms with Gasteiger partial charge in [0.05, 0.1) is 33.8 Å². The number of nitrogens with zero attached hydrogens (tertiary/aromatic N) is 4. The smallest absolute Gasteiger partial charge is 0.410 e. The molecule has 3 aromatic carbocycles. The van der Waals surface area contributed by atoms with Gasteiger partial charge in [0.2, 0.25) is 0 Å². The number of ether oxygens (including phenoxy) is 5. The Morgan fingerprint density at radius 3 is 1.41 bits per heavy atom. The zero-order chi connectivity index (χ0) is 50.8. The van der Waals surface area contributed by atoms with Crippen LogP contribution in [0.15, 0.2) is 81.7 Å². The number of benzene rings is 3. The molecular formula is C52H76Br2FN5O9. The molecule has 3 amide bonds. The lowest BCUT2D eigenvalue weighted by molar-refractivity contribution is 0.00377. The summed E-state index contributed by atoms with van der Waals surface area (Å²) in [6, 6.07) is 22.5. The van der Waals surface area contributed by atoms with E-state index < -0.39 is 22.9 Å². The van der Waals surface area contributed by atoms with E-state index in [2.05, 4.69) is 54.2 Å². The van der Waals surface area contributed by atoms with Crippen LogP contribution in [0.5, 0.6) is 11.5 Å². The number of carbonyl (C=O) groups is 3. The molecule has 14 nitrogen and oxygen atoms in total. The van der Waals surface area contributed by atoms with Gasteiger partial charge in [0.1, 0.15) is 46.3 Å². The third-order valence-corrected chi connectivity index (χ3v) is 12.0. The number of piperazine rings is 1. The fourth-order valence-electron chi connectivity index (χ4n) is 7.56. The molecule has 4 aliphatic rings. The second-order valence-corrected chi connectivity index (χ2v) is 22.1. The van der Waals surface area contributed by atoms with E-state index in [0.717, 1.165) is 99.5 Å². The van der Waals surface area contributed by atoms with E-state index in [-0.39, 0.29) is 36.3 Å². The molecule has 17 heteroatoms. The van der Waals surface area contributed by atoms with Gasteiger partial charge in [-0.05, 0) is 169 Å². The van der Waals surface area contributed by atoms with E-state index in [9.17, 15) is 23.9 Å². The number of anilines is 1. The average molecular weight is 1090 g/mol. The number of halogens is 3. The molecule has 0 aliphatic carbocycles. The van der Waals surface area contributed by atoms with E-state index in [4.69, 9.17) is 23.7 Å². The topological polar surface area (TPSA) is 143 Å².